The number of amides is 2. The largest absolute Gasteiger partial charge is 0.466 e. The molecule has 1 N–H and O–H groups in total. The summed E-state index contributed by atoms with van der Waals surface area (Å²) in [5, 5.41) is 2.64. The predicted octanol–water partition coefficient (Wildman–Crippen LogP) is 3.84. The van der Waals surface area contributed by atoms with Gasteiger partial charge in [-0.25, -0.2) is 0 Å². The molecule has 1 aromatic carbocycles. The molecule has 1 aromatic rings. The summed E-state index contributed by atoms with van der Waals surface area (Å²) in [5.74, 6) is -1.68. The molecular formula is C27H42N2O6. The van der Waals surface area contributed by atoms with Crippen molar-refractivity contribution in [2.45, 2.75) is 78.7 Å². The van der Waals surface area contributed by atoms with Crippen LogP contribution in [0.25, 0.3) is 0 Å². The first kappa shape index (κ1) is 30.1. The summed E-state index contributed by atoms with van der Waals surface area (Å²) in [6.45, 7) is 10.1. The van der Waals surface area contributed by atoms with E-state index in [4.69, 9.17) is 9.47 Å². The van der Waals surface area contributed by atoms with Crippen LogP contribution in [-0.2, 0) is 28.7 Å². The third kappa shape index (κ3) is 11.4. The van der Waals surface area contributed by atoms with Crippen molar-refractivity contribution in [3.8, 4) is 0 Å². The molecule has 35 heavy (non-hydrogen) atoms. The molecule has 0 unspecified atom stereocenters. The van der Waals surface area contributed by atoms with Crippen molar-refractivity contribution in [1.82, 2.24) is 10.2 Å². The van der Waals surface area contributed by atoms with Crippen molar-refractivity contribution in [2.75, 3.05) is 26.3 Å². The van der Waals surface area contributed by atoms with Crippen LogP contribution in [0.2, 0.25) is 0 Å². The molecule has 0 fully saturated rings. The monoisotopic (exact) mass is 490 g/mol. The molecule has 0 aliphatic rings. The van der Waals surface area contributed by atoms with Gasteiger partial charge in [0.15, 0.2) is 0 Å². The quantitative estimate of drug-likeness (QED) is 0.353. The zero-order valence-electron chi connectivity index (χ0n) is 21.9. The Morgan fingerprint density at radius 3 is 2.11 bits per heavy atom. The van der Waals surface area contributed by atoms with E-state index >= 15 is 0 Å². The van der Waals surface area contributed by atoms with Gasteiger partial charge >= 0.3 is 11.9 Å². The molecule has 2 atom stereocenters. The summed E-state index contributed by atoms with van der Waals surface area (Å²) >= 11 is 0. The fourth-order valence-electron chi connectivity index (χ4n) is 3.88. The van der Waals surface area contributed by atoms with Crippen LogP contribution < -0.4 is 5.32 Å². The van der Waals surface area contributed by atoms with Gasteiger partial charge in [-0.15, -0.1) is 0 Å². The molecular weight excluding hydrogens is 448 g/mol. The Morgan fingerprint density at radius 2 is 1.54 bits per heavy atom. The second kappa shape index (κ2) is 16.7. The number of carbonyl (C=O) groups is 4. The number of ether oxygens (including phenoxy) is 2. The molecule has 0 aliphatic carbocycles. The number of hydrogen-bond acceptors (Lipinski definition) is 6. The second-order valence-electron chi connectivity index (χ2n) is 8.93. The van der Waals surface area contributed by atoms with E-state index < -0.39 is 12.0 Å². The molecule has 8 nitrogen and oxygen atoms in total. The number of hydrogen-bond donors (Lipinski definition) is 1. The molecule has 0 heterocycles. The van der Waals surface area contributed by atoms with Crippen molar-refractivity contribution < 1.29 is 28.7 Å². The SMILES string of the molecule is CCCCN(C(=O)C[C@@H](CC(=O)OCC)c1ccccc1)[C@H](CC(C)C)C(=O)NCC(=O)OCC. The molecule has 1 rings (SSSR count). The third-order valence-corrected chi connectivity index (χ3v) is 5.57. The van der Waals surface area contributed by atoms with Crippen LogP contribution in [0.15, 0.2) is 30.3 Å². The van der Waals surface area contributed by atoms with E-state index in [2.05, 4.69) is 5.32 Å². The summed E-state index contributed by atoms with van der Waals surface area (Å²) in [6.07, 6.45) is 2.20. The van der Waals surface area contributed by atoms with Crippen LogP contribution in [-0.4, -0.2) is 61.0 Å². The van der Waals surface area contributed by atoms with Gasteiger partial charge in [0.1, 0.15) is 12.6 Å². The highest BCUT2D eigenvalue weighted by Crippen LogP contribution is 2.26. The first-order valence-electron chi connectivity index (χ1n) is 12.7. The topological polar surface area (TPSA) is 102 Å². The van der Waals surface area contributed by atoms with E-state index in [-0.39, 0.29) is 62.2 Å². The Bertz CT molecular complexity index is 796. The fraction of sp³-hybridized carbons (Fsp3) is 0.630. The average Bonchev–Trinajstić information content (AvgIpc) is 2.82. The Balaban J connectivity index is 3.16. The maximum absolute atomic E-state index is 13.6. The highest BCUT2D eigenvalue weighted by molar-refractivity contribution is 5.90. The average molecular weight is 491 g/mol. The summed E-state index contributed by atoms with van der Waals surface area (Å²) < 4.78 is 10.0. The van der Waals surface area contributed by atoms with Crippen LogP contribution in [0, 0.1) is 5.92 Å². The molecule has 0 aliphatic heterocycles. The van der Waals surface area contributed by atoms with Crippen molar-refractivity contribution in [3.05, 3.63) is 35.9 Å². The third-order valence-electron chi connectivity index (χ3n) is 5.57. The summed E-state index contributed by atoms with van der Waals surface area (Å²) in [4.78, 5) is 52.4. The number of esters is 2. The maximum atomic E-state index is 13.6. The minimum absolute atomic E-state index is 0.0757. The van der Waals surface area contributed by atoms with Gasteiger partial charge in [0.05, 0.1) is 19.6 Å². The van der Waals surface area contributed by atoms with Gasteiger partial charge in [-0.2, -0.15) is 0 Å². The molecule has 0 spiro atoms. The van der Waals surface area contributed by atoms with Gasteiger partial charge < -0.3 is 19.7 Å². The van der Waals surface area contributed by atoms with Crippen LogP contribution in [0.1, 0.15) is 78.2 Å². The number of carbonyl (C=O) groups excluding carboxylic acids is 4. The first-order chi connectivity index (χ1) is 16.7. The van der Waals surface area contributed by atoms with Gasteiger partial charge in [0.25, 0.3) is 0 Å². The van der Waals surface area contributed by atoms with Gasteiger partial charge in [-0.05, 0) is 38.2 Å². The van der Waals surface area contributed by atoms with E-state index in [1.807, 2.05) is 51.1 Å². The Kier molecular flexibility index (Phi) is 14.4. The lowest BCUT2D eigenvalue weighted by atomic mass is 9.91. The van der Waals surface area contributed by atoms with E-state index in [1.54, 1.807) is 18.7 Å². The van der Waals surface area contributed by atoms with Crippen molar-refractivity contribution in [2.24, 2.45) is 5.92 Å². The Labute approximate surface area is 209 Å². The molecule has 196 valence electrons. The molecule has 0 saturated heterocycles. The number of unbranched alkanes of at least 4 members (excludes halogenated alkanes) is 1. The number of nitrogens with zero attached hydrogens (tertiary/aromatic N) is 1. The van der Waals surface area contributed by atoms with E-state index in [1.165, 1.54) is 0 Å². The molecule has 2 amide bonds. The Morgan fingerprint density at radius 1 is 0.914 bits per heavy atom. The smallest absolute Gasteiger partial charge is 0.325 e. The maximum Gasteiger partial charge on any atom is 0.325 e. The van der Waals surface area contributed by atoms with Crippen molar-refractivity contribution in [3.63, 3.8) is 0 Å². The minimum Gasteiger partial charge on any atom is -0.466 e. The van der Waals surface area contributed by atoms with Crippen LogP contribution >= 0.6 is 0 Å². The number of nitrogens with one attached hydrogen (secondary N) is 1. The zero-order chi connectivity index (χ0) is 26.2. The minimum atomic E-state index is -0.720. The molecule has 0 radical (unpaired) electrons. The summed E-state index contributed by atoms with van der Waals surface area (Å²) in [5.41, 5.74) is 0.872. The zero-order valence-corrected chi connectivity index (χ0v) is 21.9. The van der Waals surface area contributed by atoms with Crippen LogP contribution in [0.3, 0.4) is 0 Å². The van der Waals surface area contributed by atoms with Gasteiger partial charge in [0.2, 0.25) is 11.8 Å². The molecule has 0 saturated carbocycles. The predicted molar refractivity (Wildman–Crippen MR) is 135 cm³/mol. The lowest BCUT2D eigenvalue weighted by molar-refractivity contribution is -0.145. The van der Waals surface area contributed by atoms with Crippen LogP contribution in [0.5, 0.6) is 0 Å². The van der Waals surface area contributed by atoms with Gasteiger partial charge in [-0.1, -0.05) is 57.5 Å². The molecule has 8 heteroatoms. The highest BCUT2D eigenvalue weighted by atomic mass is 16.5. The van der Waals surface area contributed by atoms with E-state index in [0.29, 0.717) is 13.0 Å². The van der Waals surface area contributed by atoms with Crippen molar-refractivity contribution >= 4 is 23.8 Å². The number of rotatable bonds is 16. The van der Waals surface area contributed by atoms with E-state index in [9.17, 15) is 19.2 Å². The van der Waals surface area contributed by atoms with Crippen LogP contribution in [0.4, 0.5) is 0 Å². The lowest BCUT2D eigenvalue weighted by Crippen LogP contribution is -2.51. The highest BCUT2D eigenvalue weighted by Gasteiger charge is 2.32. The Hall–Kier alpha value is -2.90. The van der Waals surface area contributed by atoms with Gasteiger partial charge in [-0.3, -0.25) is 19.2 Å². The molecule has 0 aromatic heterocycles. The first-order valence-corrected chi connectivity index (χ1v) is 12.7. The van der Waals surface area contributed by atoms with Gasteiger partial charge in [0, 0.05) is 18.9 Å². The number of benzene rings is 1. The molecule has 0 bridgehead atoms. The lowest BCUT2D eigenvalue weighted by Gasteiger charge is -2.33. The summed E-state index contributed by atoms with van der Waals surface area (Å²) in [6, 6.07) is 8.69. The van der Waals surface area contributed by atoms with Crippen molar-refractivity contribution in [1.29, 1.82) is 0 Å². The fourth-order valence-corrected chi connectivity index (χ4v) is 3.88. The standard InChI is InChI=1S/C27H42N2O6/c1-6-9-15-29(23(16-20(4)5)27(33)28-19-26(32)35-8-3)24(30)17-22(18-25(31)34-7-2)21-13-11-10-12-14-21/h10-14,20,22-23H,6-9,15-19H2,1-5H3,(H,28,33)/t22-,23+/m0/s1. The summed E-state index contributed by atoms with van der Waals surface area (Å²) in [7, 11) is 0. The second-order valence-corrected chi connectivity index (χ2v) is 8.93. The van der Waals surface area contributed by atoms with E-state index in [0.717, 1.165) is 18.4 Å². The normalized spacial score (nSPS) is 12.5.